The van der Waals surface area contributed by atoms with E-state index in [2.05, 4.69) is 26.2 Å². The second-order valence-corrected chi connectivity index (χ2v) is 3.48. The van der Waals surface area contributed by atoms with Gasteiger partial charge in [0.15, 0.2) is 0 Å². The Morgan fingerprint density at radius 1 is 1.50 bits per heavy atom. The summed E-state index contributed by atoms with van der Waals surface area (Å²) < 4.78 is -1.49. The molecule has 0 amide bonds. The number of alkyl halides is 1. The van der Waals surface area contributed by atoms with Crippen LogP contribution < -0.4 is 0 Å². The average molecular weight is 266 g/mol. The smallest absolute Gasteiger partial charge is 0.257 e. The maximum absolute atomic E-state index is 10.5. The van der Waals surface area contributed by atoms with E-state index in [4.69, 9.17) is 0 Å². The summed E-state index contributed by atoms with van der Waals surface area (Å²) in [5.74, 6) is 0. The van der Waals surface area contributed by atoms with E-state index >= 15 is 0 Å². The highest BCUT2D eigenvalue weighted by atomic mass is 79.9. The lowest BCUT2D eigenvalue weighted by molar-refractivity contribution is -0.771. The Kier molecular flexibility index (Phi) is 2.47. The van der Waals surface area contributed by atoms with E-state index in [9.17, 15) is 20.2 Å². The first kappa shape index (κ1) is 10.5. The van der Waals surface area contributed by atoms with Crippen LogP contribution in [-0.4, -0.2) is 24.8 Å². The molecule has 0 unspecified atom stereocenters. The van der Waals surface area contributed by atoms with Gasteiger partial charge in [0.05, 0.1) is 6.20 Å². The van der Waals surface area contributed by atoms with Crippen molar-refractivity contribution < 1.29 is 9.85 Å². The van der Waals surface area contributed by atoms with E-state index < -0.39 is 14.4 Å². The zero-order chi connectivity index (χ0) is 10.9. The summed E-state index contributed by atoms with van der Waals surface area (Å²) in [5.41, 5.74) is -0.380. The molecule has 0 N–H and O–H groups in total. The van der Waals surface area contributed by atoms with Gasteiger partial charge in [-0.2, -0.15) is 0 Å². The predicted octanol–water partition coefficient (Wildman–Crippen LogP) is -0.126. The van der Waals surface area contributed by atoms with Gasteiger partial charge in [0, 0.05) is 7.05 Å². The van der Waals surface area contributed by atoms with E-state index in [0.717, 1.165) is 10.9 Å². The van der Waals surface area contributed by atoms with Gasteiger partial charge in [0.1, 0.15) is 25.8 Å². The fourth-order valence-electron chi connectivity index (χ4n) is 0.747. The molecule has 0 spiro atoms. The predicted molar refractivity (Wildman–Crippen MR) is 45.6 cm³/mol. The van der Waals surface area contributed by atoms with Gasteiger partial charge in [-0.25, -0.2) is 0 Å². The van der Waals surface area contributed by atoms with Crippen LogP contribution in [0.2, 0.25) is 0 Å². The summed E-state index contributed by atoms with van der Waals surface area (Å²) in [6.07, 6.45) is 1.10. The normalized spacial score (nSPS) is 11.3. The molecule has 0 fully saturated rings. The summed E-state index contributed by atoms with van der Waals surface area (Å²) >= 11 is 2.42. The molecule has 0 bridgehead atoms. The second-order valence-electron chi connectivity index (χ2n) is 2.38. The minimum Gasteiger partial charge on any atom is -0.257 e. The Morgan fingerprint density at radius 2 is 2.00 bits per heavy atom. The maximum atomic E-state index is 10.5. The van der Waals surface area contributed by atoms with E-state index in [-0.39, 0.29) is 5.69 Å². The van der Waals surface area contributed by atoms with Crippen LogP contribution in [-0.2, 0) is 11.6 Å². The molecule has 1 rings (SSSR count). The number of nitrogens with zero attached hydrogens (tertiary/aromatic N) is 5. The third kappa shape index (κ3) is 1.43. The zero-order valence-corrected chi connectivity index (χ0v) is 8.41. The summed E-state index contributed by atoms with van der Waals surface area (Å²) in [4.78, 5) is 18.9. The van der Waals surface area contributed by atoms with Crippen molar-refractivity contribution in [1.29, 1.82) is 0 Å². The summed E-state index contributed by atoms with van der Waals surface area (Å²) in [6.45, 7) is 0. The topological polar surface area (TPSA) is 117 Å². The summed E-state index contributed by atoms with van der Waals surface area (Å²) in [7, 11) is 1.45. The van der Waals surface area contributed by atoms with Crippen molar-refractivity contribution in [3.05, 3.63) is 32.1 Å². The van der Waals surface area contributed by atoms with E-state index in [1.165, 1.54) is 7.05 Å². The van der Waals surface area contributed by atoms with Crippen molar-refractivity contribution in [3.63, 3.8) is 0 Å². The average Bonchev–Trinajstić information content (AvgIpc) is 2.49. The fraction of sp³-hybridized carbons (Fsp3) is 0.500. The van der Waals surface area contributed by atoms with Gasteiger partial charge < -0.3 is 0 Å². The van der Waals surface area contributed by atoms with Crippen molar-refractivity contribution >= 4 is 15.9 Å². The van der Waals surface area contributed by atoms with E-state index in [1.54, 1.807) is 0 Å². The molecule has 14 heavy (non-hydrogen) atoms. The van der Waals surface area contributed by atoms with Crippen molar-refractivity contribution in [2.75, 3.05) is 0 Å². The van der Waals surface area contributed by atoms with Crippen molar-refractivity contribution in [2.24, 2.45) is 7.05 Å². The minimum atomic E-state index is -2.62. The molecular weight excluding hydrogens is 262 g/mol. The highest BCUT2D eigenvalue weighted by Gasteiger charge is 2.58. The van der Waals surface area contributed by atoms with E-state index in [0.29, 0.717) is 0 Å². The molecule has 0 saturated carbocycles. The Labute approximate surface area is 85.1 Å². The van der Waals surface area contributed by atoms with Crippen LogP contribution in [0.4, 0.5) is 0 Å². The van der Waals surface area contributed by atoms with Gasteiger partial charge in [-0.15, -0.1) is 5.10 Å². The second kappa shape index (κ2) is 3.29. The van der Waals surface area contributed by atoms with Crippen molar-refractivity contribution in [1.82, 2.24) is 15.0 Å². The number of nitro groups is 2. The molecule has 0 aliphatic heterocycles. The Balaban J connectivity index is 3.26. The largest absolute Gasteiger partial charge is 0.556 e. The van der Waals surface area contributed by atoms with Gasteiger partial charge >= 0.3 is 4.57 Å². The van der Waals surface area contributed by atoms with Gasteiger partial charge in [0.2, 0.25) is 5.69 Å². The molecule has 0 radical (unpaired) electrons. The molecule has 0 aromatic carbocycles. The van der Waals surface area contributed by atoms with Crippen molar-refractivity contribution in [2.45, 2.75) is 4.57 Å². The lowest BCUT2D eigenvalue weighted by Gasteiger charge is -2.05. The maximum Gasteiger partial charge on any atom is 0.556 e. The number of aromatic nitrogens is 3. The van der Waals surface area contributed by atoms with Gasteiger partial charge in [-0.1, -0.05) is 5.21 Å². The van der Waals surface area contributed by atoms with Crippen LogP contribution in [0.25, 0.3) is 0 Å². The fourth-order valence-corrected chi connectivity index (χ4v) is 0.928. The number of aryl methyl sites for hydroxylation is 1. The van der Waals surface area contributed by atoms with Gasteiger partial charge in [-0.3, -0.25) is 24.9 Å². The molecule has 1 aromatic heterocycles. The Bertz CT molecular complexity index is 375. The van der Waals surface area contributed by atoms with E-state index in [1.807, 2.05) is 0 Å². The molecule has 1 heterocycles. The first-order valence-corrected chi connectivity index (χ1v) is 4.03. The van der Waals surface area contributed by atoms with Crippen LogP contribution >= 0.6 is 15.9 Å². The number of rotatable bonds is 3. The third-order valence-corrected chi connectivity index (χ3v) is 2.40. The standard InChI is InChI=1S/C4H4BrN5O4/c1-8-2-3(6-7-8)4(5,9(11)12)10(13)14/h2H,1H3. The third-order valence-electron chi connectivity index (χ3n) is 1.41. The molecule has 10 heteroatoms. The molecule has 0 aliphatic rings. The minimum absolute atomic E-state index is 0.380. The SMILES string of the molecule is Cn1cc(C(Br)([N+](=O)[O-])[N+](=O)[O-])nn1. The van der Waals surface area contributed by atoms with Gasteiger partial charge in [-0.05, 0) is 0 Å². The molecule has 0 atom stereocenters. The molecule has 0 saturated heterocycles. The number of halogens is 1. The first-order chi connectivity index (χ1) is 6.39. The molecule has 76 valence electrons. The van der Waals surface area contributed by atoms with Crippen LogP contribution in [0.1, 0.15) is 5.69 Å². The summed E-state index contributed by atoms with van der Waals surface area (Å²) in [5, 5.41) is 27.7. The van der Waals surface area contributed by atoms with Gasteiger partial charge in [0.25, 0.3) is 0 Å². The quantitative estimate of drug-likeness (QED) is 0.247. The first-order valence-electron chi connectivity index (χ1n) is 3.23. The highest BCUT2D eigenvalue weighted by Crippen LogP contribution is 2.30. The number of hydrogen-bond acceptors (Lipinski definition) is 6. The van der Waals surface area contributed by atoms with Crippen LogP contribution in [0.5, 0.6) is 0 Å². The highest BCUT2D eigenvalue weighted by molar-refractivity contribution is 9.09. The Hall–Kier alpha value is -1.58. The molecule has 0 aliphatic carbocycles. The lowest BCUT2D eigenvalue weighted by atomic mass is 10.4. The molecular formula is C4H4BrN5O4. The van der Waals surface area contributed by atoms with Crippen LogP contribution in [0.15, 0.2) is 6.20 Å². The monoisotopic (exact) mass is 265 g/mol. The number of hydrogen-bond donors (Lipinski definition) is 0. The lowest BCUT2D eigenvalue weighted by Crippen LogP contribution is -2.37. The molecule has 1 aromatic rings. The zero-order valence-electron chi connectivity index (χ0n) is 6.82. The van der Waals surface area contributed by atoms with Crippen LogP contribution in [0.3, 0.4) is 0 Å². The summed E-state index contributed by atoms with van der Waals surface area (Å²) in [6, 6.07) is 0. The van der Waals surface area contributed by atoms with Crippen molar-refractivity contribution in [3.8, 4) is 0 Å². The van der Waals surface area contributed by atoms with Crippen LogP contribution in [0, 0.1) is 20.2 Å². The molecule has 9 nitrogen and oxygen atoms in total. The Morgan fingerprint density at radius 3 is 2.29 bits per heavy atom.